The first-order chi connectivity index (χ1) is 17.1. The molecule has 0 bridgehead atoms. The summed E-state index contributed by atoms with van der Waals surface area (Å²) in [5, 5.41) is 12.3. The van der Waals surface area contributed by atoms with Gasteiger partial charge in [-0.15, -0.1) is 10.2 Å². The molecule has 4 rings (SSSR count). The standard InChI is InChI=1S/C26H26N4O4S/c1-4-34-23-11-6-5-10-22(23)27-24(31)17-35-26-29-28-25(18-8-7-9-21(16-18)33-3)30(26)19-12-14-20(32-2)15-13-19/h5-16H,4,17H2,1-3H3,(H,27,31). The highest BCUT2D eigenvalue weighted by atomic mass is 32.2. The second-order valence-electron chi connectivity index (χ2n) is 7.34. The maximum atomic E-state index is 12.8. The summed E-state index contributed by atoms with van der Waals surface area (Å²) in [6.07, 6.45) is 0. The van der Waals surface area contributed by atoms with Gasteiger partial charge in [0.15, 0.2) is 11.0 Å². The van der Waals surface area contributed by atoms with Crippen LogP contribution in [0.5, 0.6) is 17.2 Å². The molecule has 0 aliphatic rings. The van der Waals surface area contributed by atoms with Gasteiger partial charge >= 0.3 is 0 Å². The first kappa shape index (κ1) is 24.2. The second-order valence-corrected chi connectivity index (χ2v) is 8.28. The Hall–Kier alpha value is -3.98. The Morgan fingerprint density at radius 2 is 1.71 bits per heavy atom. The number of aromatic nitrogens is 3. The molecular weight excluding hydrogens is 464 g/mol. The van der Waals surface area contributed by atoms with Crippen molar-refractivity contribution in [1.29, 1.82) is 0 Å². The molecule has 1 heterocycles. The van der Waals surface area contributed by atoms with Crippen LogP contribution in [0.1, 0.15) is 6.92 Å². The van der Waals surface area contributed by atoms with Crippen LogP contribution in [0.3, 0.4) is 0 Å². The van der Waals surface area contributed by atoms with Gasteiger partial charge in [-0.2, -0.15) is 0 Å². The zero-order valence-electron chi connectivity index (χ0n) is 19.7. The van der Waals surface area contributed by atoms with Gasteiger partial charge in [0.2, 0.25) is 5.91 Å². The first-order valence-electron chi connectivity index (χ1n) is 11.0. The van der Waals surface area contributed by atoms with Gasteiger partial charge in [-0.05, 0) is 55.5 Å². The predicted octanol–water partition coefficient (Wildman–Crippen LogP) is 5.08. The molecule has 3 aromatic carbocycles. The average Bonchev–Trinajstić information content (AvgIpc) is 3.33. The Bertz CT molecular complexity index is 1290. The van der Waals surface area contributed by atoms with Crippen LogP contribution in [0.2, 0.25) is 0 Å². The van der Waals surface area contributed by atoms with E-state index in [1.165, 1.54) is 11.8 Å². The lowest BCUT2D eigenvalue weighted by atomic mass is 10.2. The highest BCUT2D eigenvalue weighted by Gasteiger charge is 2.18. The van der Waals surface area contributed by atoms with Gasteiger partial charge in [0, 0.05) is 11.3 Å². The Kier molecular flexibility index (Phi) is 7.89. The number of nitrogens with zero attached hydrogens (tertiary/aromatic N) is 3. The molecule has 180 valence electrons. The Labute approximate surface area is 208 Å². The van der Waals surface area contributed by atoms with E-state index in [1.807, 2.05) is 84.3 Å². The van der Waals surface area contributed by atoms with E-state index in [0.29, 0.717) is 34.8 Å². The Balaban J connectivity index is 1.61. The summed E-state index contributed by atoms with van der Waals surface area (Å²) in [4.78, 5) is 12.8. The van der Waals surface area contributed by atoms with Gasteiger partial charge in [-0.3, -0.25) is 9.36 Å². The van der Waals surface area contributed by atoms with E-state index < -0.39 is 0 Å². The molecule has 0 fully saturated rings. The molecule has 8 nitrogen and oxygen atoms in total. The van der Waals surface area contributed by atoms with E-state index in [-0.39, 0.29) is 11.7 Å². The number of anilines is 1. The molecule has 1 aromatic heterocycles. The van der Waals surface area contributed by atoms with Crippen molar-refractivity contribution in [2.45, 2.75) is 12.1 Å². The quantitative estimate of drug-likeness (QED) is 0.310. The van der Waals surface area contributed by atoms with Crippen molar-refractivity contribution in [2.24, 2.45) is 0 Å². The number of para-hydroxylation sites is 2. The summed E-state index contributed by atoms with van der Waals surface area (Å²) in [6.45, 7) is 2.42. The van der Waals surface area contributed by atoms with Crippen LogP contribution in [0.15, 0.2) is 78.0 Å². The topological polar surface area (TPSA) is 87.5 Å². The van der Waals surface area contributed by atoms with Gasteiger partial charge in [0.05, 0.1) is 32.3 Å². The van der Waals surface area contributed by atoms with E-state index in [1.54, 1.807) is 14.2 Å². The molecule has 0 saturated carbocycles. The maximum Gasteiger partial charge on any atom is 0.234 e. The van der Waals surface area contributed by atoms with E-state index in [4.69, 9.17) is 14.2 Å². The number of thioether (sulfide) groups is 1. The molecular formula is C26H26N4O4S. The summed E-state index contributed by atoms with van der Waals surface area (Å²) in [6, 6.07) is 22.6. The van der Waals surface area contributed by atoms with Crippen LogP contribution in [-0.2, 0) is 4.79 Å². The van der Waals surface area contributed by atoms with E-state index in [2.05, 4.69) is 15.5 Å². The van der Waals surface area contributed by atoms with Gasteiger partial charge in [-0.25, -0.2) is 0 Å². The van der Waals surface area contributed by atoms with E-state index in [9.17, 15) is 4.79 Å². The lowest BCUT2D eigenvalue weighted by Gasteiger charge is -2.13. The average molecular weight is 491 g/mol. The minimum atomic E-state index is -0.172. The van der Waals surface area contributed by atoms with Crippen molar-refractivity contribution in [1.82, 2.24) is 14.8 Å². The van der Waals surface area contributed by atoms with Crippen LogP contribution in [0.25, 0.3) is 17.1 Å². The maximum absolute atomic E-state index is 12.8. The largest absolute Gasteiger partial charge is 0.497 e. The molecule has 0 atom stereocenters. The third-order valence-corrected chi connectivity index (χ3v) is 6.01. The van der Waals surface area contributed by atoms with Crippen molar-refractivity contribution >= 4 is 23.4 Å². The minimum absolute atomic E-state index is 0.146. The molecule has 0 spiro atoms. The molecule has 0 aliphatic carbocycles. The predicted molar refractivity (Wildman–Crippen MR) is 137 cm³/mol. The number of carbonyl (C=O) groups excluding carboxylic acids is 1. The summed E-state index contributed by atoms with van der Waals surface area (Å²) in [5.74, 6) is 2.70. The van der Waals surface area contributed by atoms with Crippen LogP contribution in [-0.4, -0.2) is 47.3 Å². The number of nitrogens with one attached hydrogen (secondary N) is 1. The second kappa shape index (κ2) is 11.4. The molecule has 1 amide bonds. The van der Waals surface area contributed by atoms with Crippen molar-refractivity contribution < 1.29 is 19.0 Å². The van der Waals surface area contributed by atoms with E-state index in [0.717, 1.165) is 17.0 Å². The van der Waals surface area contributed by atoms with Crippen molar-refractivity contribution in [3.8, 4) is 34.3 Å². The van der Waals surface area contributed by atoms with Crippen LogP contribution in [0.4, 0.5) is 5.69 Å². The van der Waals surface area contributed by atoms with Crippen LogP contribution < -0.4 is 19.5 Å². The molecule has 0 unspecified atom stereocenters. The fourth-order valence-electron chi connectivity index (χ4n) is 3.44. The summed E-state index contributed by atoms with van der Waals surface area (Å²) in [5.41, 5.74) is 2.32. The highest BCUT2D eigenvalue weighted by molar-refractivity contribution is 7.99. The number of hydrogen-bond donors (Lipinski definition) is 1. The molecule has 0 radical (unpaired) electrons. The SMILES string of the molecule is CCOc1ccccc1NC(=O)CSc1nnc(-c2cccc(OC)c2)n1-c1ccc(OC)cc1. The number of carbonyl (C=O) groups is 1. The van der Waals surface area contributed by atoms with Gasteiger partial charge in [0.1, 0.15) is 17.2 Å². The van der Waals surface area contributed by atoms with Gasteiger partial charge < -0.3 is 19.5 Å². The number of ether oxygens (including phenoxy) is 3. The third-order valence-electron chi connectivity index (χ3n) is 5.09. The number of hydrogen-bond acceptors (Lipinski definition) is 7. The molecule has 4 aromatic rings. The smallest absolute Gasteiger partial charge is 0.234 e. The number of methoxy groups -OCH3 is 2. The van der Waals surface area contributed by atoms with Crippen LogP contribution in [0, 0.1) is 0 Å². The normalized spacial score (nSPS) is 10.6. The Morgan fingerprint density at radius 1 is 0.943 bits per heavy atom. The first-order valence-corrected chi connectivity index (χ1v) is 12.0. The molecule has 9 heteroatoms. The van der Waals surface area contributed by atoms with Crippen molar-refractivity contribution in [2.75, 3.05) is 31.9 Å². The van der Waals surface area contributed by atoms with Gasteiger partial charge in [-0.1, -0.05) is 36.0 Å². The monoisotopic (exact) mass is 490 g/mol. The lowest BCUT2D eigenvalue weighted by molar-refractivity contribution is -0.113. The van der Waals surface area contributed by atoms with Crippen molar-refractivity contribution in [3.05, 3.63) is 72.8 Å². The van der Waals surface area contributed by atoms with Gasteiger partial charge in [0.25, 0.3) is 0 Å². The minimum Gasteiger partial charge on any atom is -0.497 e. The fraction of sp³-hybridized carbons (Fsp3) is 0.192. The fourth-order valence-corrected chi connectivity index (χ4v) is 4.20. The van der Waals surface area contributed by atoms with Crippen molar-refractivity contribution in [3.63, 3.8) is 0 Å². The number of benzene rings is 3. The number of rotatable bonds is 10. The Morgan fingerprint density at radius 3 is 2.46 bits per heavy atom. The summed E-state index contributed by atoms with van der Waals surface area (Å²) in [7, 11) is 3.25. The summed E-state index contributed by atoms with van der Waals surface area (Å²) >= 11 is 1.30. The number of amides is 1. The van der Waals surface area contributed by atoms with Crippen LogP contribution >= 0.6 is 11.8 Å². The zero-order chi connectivity index (χ0) is 24.6. The molecule has 35 heavy (non-hydrogen) atoms. The molecule has 0 aliphatic heterocycles. The summed E-state index contributed by atoms with van der Waals surface area (Å²) < 4.78 is 18.2. The molecule has 1 N–H and O–H groups in total. The highest BCUT2D eigenvalue weighted by Crippen LogP contribution is 2.31. The lowest BCUT2D eigenvalue weighted by Crippen LogP contribution is -2.15. The zero-order valence-corrected chi connectivity index (χ0v) is 20.5. The van der Waals surface area contributed by atoms with E-state index >= 15 is 0 Å². The third kappa shape index (κ3) is 5.75. The molecule has 0 saturated heterocycles.